The molecule has 0 N–H and O–H groups in total. The number of aryl methyl sites for hydroxylation is 1. The molecule has 2 amide bonds. The Labute approximate surface area is 200 Å². The molecule has 0 bridgehead atoms. The van der Waals surface area contributed by atoms with Crippen LogP contribution in [0.25, 0.3) is 0 Å². The molecule has 6 nitrogen and oxygen atoms in total. The van der Waals surface area contributed by atoms with E-state index in [2.05, 4.69) is 0 Å². The Morgan fingerprint density at radius 3 is 2.09 bits per heavy atom. The summed E-state index contributed by atoms with van der Waals surface area (Å²) in [6.45, 7) is 1.93. The molecule has 34 heavy (non-hydrogen) atoms. The zero-order valence-electron chi connectivity index (χ0n) is 18.0. The van der Waals surface area contributed by atoms with Crippen molar-refractivity contribution in [2.45, 2.75) is 18.6 Å². The SMILES string of the molecule is Cc1ccc(C2OC3(C(=O)c4ccccc4C3=O)C3C(=O)N(c4cccc(Cl)c4)C(=O)C23)cc1. The van der Waals surface area contributed by atoms with Crippen molar-refractivity contribution in [3.63, 3.8) is 0 Å². The number of benzene rings is 3. The molecule has 0 aromatic heterocycles. The van der Waals surface area contributed by atoms with Crippen molar-refractivity contribution >= 4 is 40.7 Å². The van der Waals surface area contributed by atoms with Crippen molar-refractivity contribution in [2.75, 3.05) is 4.90 Å². The number of imide groups is 1. The van der Waals surface area contributed by atoms with E-state index in [4.69, 9.17) is 16.3 Å². The Hall–Kier alpha value is -3.61. The number of carbonyl (C=O) groups excluding carboxylic acids is 4. The van der Waals surface area contributed by atoms with Gasteiger partial charge in [-0.25, -0.2) is 4.90 Å². The van der Waals surface area contributed by atoms with E-state index in [-0.39, 0.29) is 11.1 Å². The van der Waals surface area contributed by atoms with Crippen LogP contribution < -0.4 is 4.90 Å². The van der Waals surface area contributed by atoms with Gasteiger partial charge in [-0.15, -0.1) is 0 Å². The van der Waals surface area contributed by atoms with Crippen LogP contribution in [0.5, 0.6) is 0 Å². The van der Waals surface area contributed by atoms with Gasteiger partial charge in [0.1, 0.15) is 0 Å². The van der Waals surface area contributed by atoms with Crippen molar-refractivity contribution in [1.82, 2.24) is 0 Å². The number of hydrogen-bond donors (Lipinski definition) is 0. The molecule has 2 heterocycles. The van der Waals surface area contributed by atoms with Gasteiger partial charge < -0.3 is 4.74 Å². The van der Waals surface area contributed by atoms with Crippen LogP contribution in [0.15, 0.2) is 72.8 Å². The summed E-state index contributed by atoms with van der Waals surface area (Å²) in [5.74, 6) is -4.62. The van der Waals surface area contributed by atoms with Crippen LogP contribution in [0, 0.1) is 18.8 Å². The maximum Gasteiger partial charge on any atom is 0.241 e. The molecule has 3 aliphatic rings. The van der Waals surface area contributed by atoms with E-state index in [0.717, 1.165) is 10.5 Å². The molecule has 2 saturated heterocycles. The molecule has 3 atom stereocenters. The van der Waals surface area contributed by atoms with Gasteiger partial charge in [0.05, 0.1) is 23.6 Å². The van der Waals surface area contributed by atoms with E-state index in [0.29, 0.717) is 16.3 Å². The van der Waals surface area contributed by atoms with Gasteiger partial charge in [-0.3, -0.25) is 19.2 Å². The molecule has 0 radical (unpaired) electrons. The zero-order chi connectivity index (χ0) is 23.8. The Morgan fingerprint density at radius 2 is 1.47 bits per heavy atom. The predicted octanol–water partition coefficient (Wildman–Crippen LogP) is 4.34. The van der Waals surface area contributed by atoms with Crippen molar-refractivity contribution in [3.8, 4) is 0 Å². The zero-order valence-corrected chi connectivity index (χ0v) is 18.8. The Kier molecular flexibility index (Phi) is 4.43. The highest BCUT2D eigenvalue weighted by Gasteiger charge is 2.74. The second kappa shape index (κ2) is 7.19. The van der Waals surface area contributed by atoms with Crippen LogP contribution in [0.4, 0.5) is 5.69 Å². The van der Waals surface area contributed by atoms with E-state index < -0.39 is 46.9 Å². The minimum Gasteiger partial charge on any atom is -0.349 e. The van der Waals surface area contributed by atoms with Crippen molar-refractivity contribution in [2.24, 2.45) is 11.8 Å². The molecule has 1 spiro atoms. The van der Waals surface area contributed by atoms with E-state index in [9.17, 15) is 19.2 Å². The highest BCUT2D eigenvalue weighted by atomic mass is 35.5. The standard InChI is InChI=1S/C27H18ClNO5/c1-14-9-11-15(12-10-14)22-20-21(26(33)29(25(20)32)17-6-4-5-16(28)13-17)27(34-22)23(30)18-7-2-3-8-19(18)24(27)31/h2-13,20-22H,1H3. The van der Waals surface area contributed by atoms with Crippen LogP contribution in [0.1, 0.15) is 37.9 Å². The number of rotatable bonds is 2. The van der Waals surface area contributed by atoms with E-state index in [1.165, 1.54) is 6.07 Å². The summed E-state index contributed by atoms with van der Waals surface area (Å²) in [5.41, 5.74) is 0.259. The first-order valence-corrected chi connectivity index (χ1v) is 11.3. The quantitative estimate of drug-likeness (QED) is 0.410. The first-order valence-electron chi connectivity index (χ1n) is 10.9. The molecular formula is C27H18ClNO5. The van der Waals surface area contributed by atoms with Gasteiger partial charge in [-0.1, -0.05) is 71.8 Å². The largest absolute Gasteiger partial charge is 0.349 e. The van der Waals surface area contributed by atoms with E-state index in [1.807, 2.05) is 19.1 Å². The number of ketones is 2. The molecule has 2 aliphatic heterocycles. The fourth-order valence-electron chi connectivity index (χ4n) is 5.44. The lowest BCUT2D eigenvalue weighted by atomic mass is 9.77. The average molecular weight is 472 g/mol. The van der Waals surface area contributed by atoms with Crippen LogP contribution in [-0.4, -0.2) is 29.0 Å². The first kappa shape index (κ1) is 21.0. The second-order valence-corrected chi connectivity index (χ2v) is 9.32. The summed E-state index contributed by atoms with van der Waals surface area (Å²) in [4.78, 5) is 56.0. The Balaban J connectivity index is 1.55. The number of ether oxygens (including phenoxy) is 1. The average Bonchev–Trinajstić information content (AvgIpc) is 3.40. The van der Waals surface area contributed by atoms with Gasteiger partial charge >= 0.3 is 0 Å². The first-order chi connectivity index (χ1) is 16.3. The number of Topliss-reactive ketones (excluding diaryl/α,β-unsaturated/α-hetero) is 2. The topological polar surface area (TPSA) is 80.8 Å². The fourth-order valence-corrected chi connectivity index (χ4v) is 5.63. The van der Waals surface area contributed by atoms with Gasteiger partial charge in [0.25, 0.3) is 0 Å². The second-order valence-electron chi connectivity index (χ2n) is 8.88. The predicted molar refractivity (Wildman–Crippen MR) is 124 cm³/mol. The molecule has 168 valence electrons. The molecule has 0 saturated carbocycles. The lowest BCUT2D eigenvalue weighted by molar-refractivity contribution is -0.127. The summed E-state index contributed by atoms with van der Waals surface area (Å²) < 4.78 is 6.27. The van der Waals surface area contributed by atoms with E-state index >= 15 is 0 Å². The van der Waals surface area contributed by atoms with Gasteiger partial charge in [-0.2, -0.15) is 0 Å². The molecule has 2 fully saturated rings. The molecule has 7 heteroatoms. The maximum absolute atomic E-state index is 13.8. The maximum atomic E-state index is 13.8. The van der Waals surface area contributed by atoms with Crippen molar-refractivity contribution in [1.29, 1.82) is 0 Å². The van der Waals surface area contributed by atoms with Crippen molar-refractivity contribution in [3.05, 3.63) is 100 Å². The third kappa shape index (κ3) is 2.61. The van der Waals surface area contributed by atoms with Crippen LogP contribution in [0.2, 0.25) is 5.02 Å². The lowest BCUT2D eigenvalue weighted by Crippen LogP contribution is -2.51. The highest BCUT2D eigenvalue weighted by molar-refractivity contribution is 6.37. The van der Waals surface area contributed by atoms with Gasteiger partial charge in [-0.05, 0) is 30.7 Å². The Bertz CT molecular complexity index is 1380. The monoisotopic (exact) mass is 471 g/mol. The minimum atomic E-state index is -2.08. The molecule has 6 rings (SSSR count). The number of anilines is 1. The number of fused-ring (bicyclic) bond motifs is 3. The lowest BCUT2D eigenvalue weighted by Gasteiger charge is -2.27. The normalized spacial score (nSPS) is 24.8. The summed E-state index contributed by atoms with van der Waals surface area (Å²) in [6, 6.07) is 20.1. The number of amides is 2. The number of hydrogen-bond acceptors (Lipinski definition) is 5. The molecule has 3 aromatic carbocycles. The Morgan fingerprint density at radius 1 is 0.824 bits per heavy atom. The van der Waals surface area contributed by atoms with Crippen molar-refractivity contribution < 1.29 is 23.9 Å². The third-order valence-electron chi connectivity index (χ3n) is 6.99. The molecule has 3 unspecified atom stereocenters. The minimum absolute atomic E-state index is 0.206. The molecule has 1 aliphatic carbocycles. The summed E-state index contributed by atoms with van der Waals surface area (Å²) in [7, 11) is 0. The number of nitrogens with zero attached hydrogens (tertiary/aromatic N) is 1. The van der Waals surface area contributed by atoms with Gasteiger partial charge in [0, 0.05) is 16.1 Å². The van der Waals surface area contributed by atoms with Gasteiger partial charge in [0.2, 0.25) is 29.0 Å². The smallest absolute Gasteiger partial charge is 0.241 e. The van der Waals surface area contributed by atoms with Gasteiger partial charge in [0.15, 0.2) is 0 Å². The summed E-state index contributed by atoms with van der Waals surface area (Å²) in [5, 5.41) is 0.358. The summed E-state index contributed by atoms with van der Waals surface area (Å²) in [6.07, 6.45) is -0.937. The third-order valence-corrected chi connectivity index (χ3v) is 7.23. The number of halogens is 1. The van der Waals surface area contributed by atoms with Crippen LogP contribution in [-0.2, 0) is 14.3 Å². The molecule has 3 aromatic rings. The number of carbonyl (C=O) groups is 4. The van der Waals surface area contributed by atoms with E-state index in [1.54, 1.807) is 54.6 Å². The molecular weight excluding hydrogens is 454 g/mol. The van der Waals surface area contributed by atoms with Crippen LogP contribution >= 0.6 is 11.6 Å². The summed E-state index contributed by atoms with van der Waals surface area (Å²) >= 11 is 6.12. The van der Waals surface area contributed by atoms with Crippen LogP contribution in [0.3, 0.4) is 0 Å². The fraction of sp³-hybridized carbons (Fsp3) is 0.185. The highest BCUT2D eigenvalue weighted by Crippen LogP contribution is 2.57.